The zero-order valence-electron chi connectivity index (χ0n) is 12.2. The Bertz CT molecular complexity index is 446. The third-order valence-corrected chi connectivity index (χ3v) is 4.22. The highest BCUT2D eigenvalue weighted by Gasteiger charge is 2.22. The second kappa shape index (κ2) is 7.21. The molecule has 0 spiro atoms. The molecule has 114 valence electrons. The van der Waals surface area contributed by atoms with Crippen LogP contribution in [0.4, 0.5) is 0 Å². The topological polar surface area (TPSA) is 83.8 Å². The standard InChI is InChI=1S/C14H23O5P/c1-10(2)11(3)19-14(15)13-6-4-12(5-7-13)8-9-20(16,17)18/h4-6,10-11,13H,7-9H2,1-3H3,(H2,16,17,18). The Balaban J connectivity index is 2.45. The third-order valence-electron chi connectivity index (χ3n) is 3.41. The van der Waals surface area contributed by atoms with Crippen LogP contribution in [-0.2, 0) is 14.1 Å². The number of hydrogen-bond donors (Lipinski definition) is 2. The maximum absolute atomic E-state index is 11.9. The molecule has 0 saturated carbocycles. The first-order valence-corrected chi connectivity index (χ1v) is 8.61. The van der Waals surface area contributed by atoms with Crippen molar-refractivity contribution in [3.63, 3.8) is 0 Å². The van der Waals surface area contributed by atoms with Gasteiger partial charge in [-0.1, -0.05) is 37.6 Å². The Labute approximate surface area is 119 Å². The van der Waals surface area contributed by atoms with E-state index < -0.39 is 7.60 Å². The SMILES string of the molecule is CC(C)C(C)OC(=O)C1C=CC(CCP(=O)(O)O)=CC1. The van der Waals surface area contributed by atoms with E-state index in [0.29, 0.717) is 12.8 Å². The third kappa shape index (κ3) is 6.04. The van der Waals surface area contributed by atoms with Crippen molar-refractivity contribution in [2.45, 2.75) is 39.7 Å². The molecule has 0 amide bonds. The van der Waals surface area contributed by atoms with Gasteiger partial charge in [0.15, 0.2) is 0 Å². The van der Waals surface area contributed by atoms with Crippen molar-refractivity contribution in [2.24, 2.45) is 11.8 Å². The van der Waals surface area contributed by atoms with Gasteiger partial charge in [-0.25, -0.2) is 0 Å². The first-order valence-electron chi connectivity index (χ1n) is 6.81. The summed E-state index contributed by atoms with van der Waals surface area (Å²) in [5.41, 5.74) is 0.856. The molecule has 5 nitrogen and oxygen atoms in total. The molecule has 1 rings (SSSR count). The lowest BCUT2D eigenvalue weighted by Crippen LogP contribution is -2.25. The predicted molar refractivity (Wildman–Crippen MR) is 77.3 cm³/mol. The van der Waals surface area contributed by atoms with Gasteiger partial charge in [0, 0.05) is 0 Å². The average Bonchev–Trinajstić information content (AvgIpc) is 2.35. The van der Waals surface area contributed by atoms with Crippen LogP contribution < -0.4 is 0 Å². The fourth-order valence-corrected chi connectivity index (χ4v) is 2.26. The summed E-state index contributed by atoms with van der Waals surface area (Å²) in [5, 5.41) is 0. The van der Waals surface area contributed by atoms with E-state index >= 15 is 0 Å². The molecule has 20 heavy (non-hydrogen) atoms. The molecule has 1 aliphatic carbocycles. The maximum Gasteiger partial charge on any atom is 0.325 e. The molecule has 0 aromatic carbocycles. The Hall–Kier alpha value is -0.900. The van der Waals surface area contributed by atoms with Gasteiger partial charge >= 0.3 is 13.6 Å². The van der Waals surface area contributed by atoms with Crippen LogP contribution in [0.25, 0.3) is 0 Å². The van der Waals surface area contributed by atoms with Gasteiger partial charge in [0.2, 0.25) is 0 Å². The van der Waals surface area contributed by atoms with E-state index in [1.807, 2.05) is 26.8 Å². The average molecular weight is 302 g/mol. The summed E-state index contributed by atoms with van der Waals surface area (Å²) in [6, 6.07) is 0. The lowest BCUT2D eigenvalue weighted by molar-refractivity contribution is -0.153. The molecule has 0 bridgehead atoms. The van der Waals surface area contributed by atoms with Gasteiger partial charge in [0.05, 0.1) is 12.1 Å². The van der Waals surface area contributed by atoms with Crippen molar-refractivity contribution in [1.82, 2.24) is 0 Å². The van der Waals surface area contributed by atoms with E-state index in [4.69, 9.17) is 14.5 Å². The Kier molecular flexibility index (Phi) is 6.18. The molecular formula is C14H23O5P. The Morgan fingerprint density at radius 2 is 2.10 bits per heavy atom. The summed E-state index contributed by atoms with van der Waals surface area (Å²) in [5.74, 6) is -0.261. The minimum Gasteiger partial charge on any atom is -0.462 e. The minimum atomic E-state index is -3.96. The second-order valence-corrected chi connectivity index (χ2v) is 7.28. The summed E-state index contributed by atoms with van der Waals surface area (Å²) in [6.07, 6.45) is 5.93. The highest BCUT2D eigenvalue weighted by Crippen LogP contribution is 2.36. The van der Waals surface area contributed by atoms with Gasteiger partial charge in [-0.05, 0) is 25.7 Å². The van der Waals surface area contributed by atoms with Crippen molar-refractivity contribution in [3.05, 3.63) is 23.8 Å². The van der Waals surface area contributed by atoms with Gasteiger partial charge in [0.1, 0.15) is 6.10 Å². The Morgan fingerprint density at radius 3 is 2.55 bits per heavy atom. The zero-order valence-corrected chi connectivity index (χ0v) is 13.0. The zero-order chi connectivity index (χ0) is 15.3. The highest BCUT2D eigenvalue weighted by atomic mass is 31.2. The minimum absolute atomic E-state index is 0.115. The van der Waals surface area contributed by atoms with E-state index in [1.54, 1.807) is 12.2 Å². The van der Waals surface area contributed by atoms with Gasteiger partial charge in [-0.2, -0.15) is 0 Å². The van der Waals surface area contributed by atoms with Crippen LogP contribution in [0.1, 0.15) is 33.6 Å². The first-order chi connectivity index (χ1) is 9.19. The van der Waals surface area contributed by atoms with Crippen LogP contribution in [0.15, 0.2) is 23.8 Å². The molecule has 0 heterocycles. The highest BCUT2D eigenvalue weighted by molar-refractivity contribution is 7.51. The van der Waals surface area contributed by atoms with Gasteiger partial charge in [-0.3, -0.25) is 9.36 Å². The quantitative estimate of drug-likeness (QED) is 0.582. The molecule has 0 aliphatic heterocycles. The predicted octanol–water partition coefficient (Wildman–Crippen LogP) is 2.64. The van der Waals surface area contributed by atoms with Crippen molar-refractivity contribution in [1.29, 1.82) is 0 Å². The summed E-state index contributed by atoms with van der Waals surface area (Å²) in [6.45, 7) is 5.86. The number of allylic oxidation sites excluding steroid dienone is 3. The van der Waals surface area contributed by atoms with Crippen LogP contribution in [0.3, 0.4) is 0 Å². The maximum atomic E-state index is 11.9. The number of carbonyl (C=O) groups excluding carboxylic acids is 1. The molecule has 0 saturated heterocycles. The Morgan fingerprint density at radius 1 is 1.45 bits per heavy atom. The van der Waals surface area contributed by atoms with Gasteiger partial charge in [-0.15, -0.1) is 0 Å². The molecule has 2 atom stereocenters. The molecule has 2 unspecified atom stereocenters. The lowest BCUT2D eigenvalue weighted by atomic mass is 9.95. The molecule has 0 radical (unpaired) electrons. The van der Waals surface area contributed by atoms with Crippen molar-refractivity contribution in [3.8, 4) is 0 Å². The smallest absolute Gasteiger partial charge is 0.325 e. The summed E-state index contributed by atoms with van der Waals surface area (Å²) in [4.78, 5) is 29.6. The van der Waals surface area contributed by atoms with Crippen LogP contribution in [0, 0.1) is 11.8 Å². The van der Waals surface area contributed by atoms with Crippen LogP contribution in [0.2, 0.25) is 0 Å². The van der Waals surface area contributed by atoms with E-state index in [1.165, 1.54) is 0 Å². The molecule has 6 heteroatoms. The molecular weight excluding hydrogens is 279 g/mol. The molecule has 0 aromatic rings. The number of rotatable bonds is 6. The largest absolute Gasteiger partial charge is 0.462 e. The van der Waals surface area contributed by atoms with E-state index in [0.717, 1.165) is 5.57 Å². The summed E-state index contributed by atoms with van der Waals surface area (Å²) >= 11 is 0. The van der Waals surface area contributed by atoms with E-state index in [9.17, 15) is 9.36 Å². The van der Waals surface area contributed by atoms with Crippen LogP contribution in [-0.4, -0.2) is 28.0 Å². The number of hydrogen-bond acceptors (Lipinski definition) is 3. The van der Waals surface area contributed by atoms with Crippen LogP contribution in [0.5, 0.6) is 0 Å². The first kappa shape index (κ1) is 17.2. The number of esters is 1. The molecule has 2 N–H and O–H groups in total. The fraction of sp³-hybridized carbons (Fsp3) is 0.643. The molecule has 1 aliphatic rings. The second-order valence-electron chi connectivity index (χ2n) is 5.50. The van der Waals surface area contributed by atoms with E-state index in [2.05, 4.69) is 0 Å². The van der Waals surface area contributed by atoms with Crippen LogP contribution >= 0.6 is 7.60 Å². The van der Waals surface area contributed by atoms with Crippen molar-refractivity contribution >= 4 is 13.6 Å². The van der Waals surface area contributed by atoms with Crippen molar-refractivity contribution < 1.29 is 23.9 Å². The van der Waals surface area contributed by atoms with Gasteiger partial charge < -0.3 is 14.5 Å². The molecule has 0 aromatic heterocycles. The van der Waals surface area contributed by atoms with E-state index in [-0.39, 0.29) is 30.1 Å². The summed E-state index contributed by atoms with van der Waals surface area (Å²) in [7, 11) is -3.96. The number of carbonyl (C=O) groups is 1. The number of ether oxygens (including phenoxy) is 1. The monoisotopic (exact) mass is 302 g/mol. The lowest BCUT2D eigenvalue weighted by Gasteiger charge is -2.21. The fourth-order valence-electron chi connectivity index (χ4n) is 1.71. The normalized spacial score (nSPS) is 20.7. The van der Waals surface area contributed by atoms with Gasteiger partial charge in [0.25, 0.3) is 0 Å². The summed E-state index contributed by atoms with van der Waals surface area (Å²) < 4.78 is 16.2. The van der Waals surface area contributed by atoms with Crippen molar-refractivity contribution in [2.75, 3.05) is 6.16 Å². The molecule has 0 fully saturated rings.